The van der Waals surface area contributed by atoms with E-state index in [4.69, 9.17) is 15.2 Å². The van der Waals surface area contributed by atoms with E-state index in [0.717, 1.165) is 26.2 Å². The standard InChI is InChI=1S/C12H25NO2/c1-4-15-12(9(2)3)11(13)10-6-5-7-14-8-10/h9-12H,4-8,13H2,1-3H3. The molecular formula is C12H25NO2. The van der Waals surface area contributed by atoms with Gasteiger partial charge in [0.25, 0.3) is 0 Å². The predicted octanol–water partition coefficient (Wildman–Crippen LogP) is 1.80. The van der Waals surface area contributed by atoms with Gasteiger partial charge in [-0.15, -0.1) is 0 Å². The molecule has 0 aromatic carbocycles. The van der Waals surface area contributed by atoms with Crippen LogP contribution >= 0.6 is 0 Å². The molecule has 0 aromatic heterocycles. The van der Waals surface area contributed by atoms with Gasteiger partial charge in [-0.3, -0.25) is 0 Å². The molecule has 90 valence electrons. The highest BCUT2D eigenvalue weighted by Crippen LogP contribution is 2.22. The van der Waals surface area contributed by atoms with Gasteiger partial charge >= 0.3 is 0 Å². The molecular weight excluding hydrogens is 190 g/mol. The Labute approximate surface area is 93.3 Å². The van der Waals surface area contributed by atoms with Crippen molar-refractivity contribution in [2.24, 2.45) is 17.6 Å². The molecule has 2 N–H and O–H groups in total. The minimum absolute atomic E-state index is 0.116. The van der Waals surface area contributed by atoms with E-state index in [1.807, 2.05) is 6.92 Å². The van der Waals surface area contributed by atoms with Crippen molar-refractivity contribution in [2.45, 2.75) is 45.8 Å². The Hall–Kier alpha value is -0.120. The molecule has 3 heteroatoms. The van der Waals surface area contributed by atoms with Crippen LogP contribution in [0.25, 0.3) is 0 Å². The molecule has 0 bridgehead atoms. The number of hydrogen-bond donors (Lipinski definition) is 1. The molecule has 0 radical (unpaired) electrons. The van der Waals surface area contributed by atoms with E-state index in [-0.39, 0.29) is 12.1 Å². The zero-order valence-corrected chi connectivity index (χ0v) is 10.2. The lowest BCUT2D eigenvalue weighted by Crippen LogP contribution is -2.48. The van der Waals surface area contributed by atoms with Crippen molar-refractivity contribution in [1.29, 1.82) is 0 Å². The molecule has 1 aliphatic heterocycles. The SMILES string of the molecule is CCOC(C(C)C)C(N)C1CCCOC1. The first-order valence-corrected chi connectivity index (χ1v) is 6.11. The Kier molecular flexibility index (Phi) is 5.58. The van der Waals surface area contributed by atoms with Crippen molar-refractivity contribution in [3.05, 3.63) is 0 Å². The number of hydrogen-bond acceptors (Lipinski definition) is 3. The van der Waals surface area contributed by atoms with Crippen LogP contribution in [0.5, 0.6) is 0 Å². The molecule has 1 rings (SSSR count). The molecule has 1 fully saturated rings. The summed E-state index contributed by atoms with van der Waals surface area (Å²) in [4.78, 5) is 0. The summed E-state index contributed by atoms with van der Waals surface area (Å²) in [6.45, 7) is 8.80. The summed E-state index contributed by atoms with van der Waals surface area (Å²) >= 11 is 0. The zero-order chi connectivity index (χ0) is 11.3. The maximum atomic E-state index is 6.27. The van der Waals surface area contributed by atoms with Crippen LogP contribution in [0.4, 0.5) is 0 Å². The fourth-order valence-electron chi connectivity index (χ4n) is 2.28. The highest BCUT2D eigenvalue weighted by molar-refractivity contribution is 4.84. The van der Waals surface area contributed by atoms with Crippen LogP contribution in [0.15, 0.2) is 0 Å². The number of nitrogens with two attached hydrogens (primary N) is 1. The van der Waals surface area contributed by atoms with Crippen molar-refractivity contribution in [1.82, 2.24) is 0 Å². The molecule has 0 aromatic rings. The first-order valence-electron chi connectivity index (χ1n) is 6.11. The third-order valence-electron chi connectivity index (χ3n) is 3.14. The minimum Gasteiger partial charge on any atom is -0.381 e. The van der Waals surface area contributed by atoms with Crippen LogP contribution in [0.3, 0.4) is 0 Å². The van der Waals surface area contributed by atoms with Crippen molar-refractivity contribution < 1.29 is 9.47 Å². The largest absolute Gasteiger partial charge is 0.381 e. The van der Waals surface area contributed by atoms with Crippen molar-refractivity contribution in [3.63, 3.8) is 0 Å². The minimum atomic E-state index is 0.116. The quantitative estimate of drug-likeness (QED) is 0.760. The third kappa shape index (κ3) is 3.74. The van der Waals surface area contributed by atoms with Crippen LogP contribution in [-0.4, -0.2) is 32.0 Å². The zero-order valence-electron chi connectivity index (χ0n) is 10.2. The van der Waals surface area contributed by atoms with E-state index in [1.165, 1.54) is 6.42 Å². The fraction of sp³-hybridized carbons (Fsp3) is 1.00. The molecule has 3 atom stereocenters. The Bertz CT molecular complexity index is 167. The van der Waals surface area contributed by atoms with Crippen LogP contribution in [0.1, 0.15) is 33.6 Å². The van der Waals surface area contributed by atoms with Gasteiger partial charge in [0.2, 0.25) is 0 Å². The summed E-state index contributed by atoms with van der Waals surface area (Å²) in [6, 6.07) is 0.116. The first-order chi connectivity index (χ1) is 7.16. The third-order valence-corrected chi connectivity index (χ3v) is 3.14. The molecule has 3 nitrogen and oxygen atoms in total. The summed E-state index contributed by atoms with van der Waals surface area (Å²) in [5.74, 6) is 0.944. The molecule has 0 spiro atoms. The van der Waals surface area contributed by atoms with Crippen LogP contribution in [-0.2, 0) is 9.47 Å². The van der Waals surface area contributed by atoms with E-state index in [2.05, 4.69) is 13.8 Å². The second kappa shape index (κ2) is 6.46. The molecule has 1 saturated heterocycles. The predicted molar refractivity (Wildman–Crippen MR) is 61.8 cm³/mol. The van der Waals surface area contributed by atoms with Gasteiger partial charge in [0.1, 0.15) is 0 Å². The van der Waals surface area contributed by atoms with Crippen molar-refractivity contribution >= 4 is 0 Å². The molecule has 1 heterocycles. The highest BCUT2D eigenvalue weighted by Gasteiger charge is 2.30. The van der Waals surface area contributed by atoms with Gasteiger partial charge in [0.15, 0.2) is 0 Å². The average Bonchev–Trinajstić information content (AvgIpc) is 2.26. The van der Waals surface area contributed by atoms with E-state index in [1.54, 1.807) is 0 Å². The van der Waals surface area contributed by atoms with E-state index in [9.17, 15) is 0 Å². The normalized spacial score (nSPS) is 26.6. The van der Waals surface area contributed by atoms with Gasteiger partial charge < -0.3 is 15.2 Å². The number of ether oxygens (including phenoxy) is 2. The molecule has 15 heavy (non-hydrogen) atoms. The monoisotopic (exact) mass is 215 g/mol. The second-order valence-electron chi connectivity index (χ2n) is 4.72. The van der Waals surface area contributed by atoms with Crippen molar-refractivity contribution in [3.8, 4) is 0 Å². The average molecular weight is 215 g/mol. The van der Waals surface area contributed by atoms with Crippen molar-refractivity contribution in [2.75, 3.05) is 19.8 Å². The molecule has 0 saturated carbocycles. The van der Waals surface area contributed by atoms with Gasteiger partial charge in [-0.05, 0) is 31.6 Å². The molecule has 1 aliphatic rings. The van der Waals surface area contributed by atoms with E-state index < -0.39 is 0 Å². The summed E-state index contributed by atoms with van der Waals surface area (Å²) in [7, 11) is 0. The van der Waals surface area contributed by atoms with Gasteiger partial charge in [-0.25, -0.2) is 0 Å². The maximum Gasteiger partial charge on any atom is 0.0752 e. The summed E-state index contributed by atoms with van der Waals surface area (Å²) in [5.41, 5.74) is 6.27. The highest BCUT2D eigenvalue weighted by atomic mass is 16.5. The van der Waals surface area contributed by atoms with Gasteiger partial charge in [-0.2, -0.15) is 0 Å². The first kappa shape index (κ1) is 12.9. The topological polar surface area (TPSA) is 44.5 Å². The van der Waals surface area contributed by atoms with E-state index >= 15 is 0 Å². The Morgan fingerprint density at radius 2 is 2.20 bits per heavy atom. The summed E-state index contributed by atoms with van der Waals surface area (Å²) in [5, 5.41) is 0. The lowest BCUT2D eigenvalue weighted by atomic mass is 9.86. The fourth-order valence-corrected chi connectivity index (χ4v) is 2.28. The second-order valence-corrected chi connectivity index (χ2v) is 4.72. The molecule has 0 aliphatic carbocycles. The van der Waals surface area contributed by atoms with Crippen LogP contribution in [0.2, 0.25) is 0 Å². The van der Waals surface area contributed by atoms with Gasteiger partial charge in [0.05, 0.1) is 12.7 Å². The molecule has 0 amide bonds. The lowest BCUT2D eigenvalue weighted by Gasteiger charge is -2.34. The number of rotatable bonds is 5. The van der Waals surface area contributed by atoms with E-state index in [0.29, 0.717) is 11.8 Å². The lowest BCUT2D eigenvalue weighted by molar-refractivity contribution is -0.0310. The van der Waals surface area contributed by atoms with Gasteiger partial charge in [0, 0.05) is 19.3 Å². The van der Waals surface area contributed by atoms with Crippen LogP contribution < -0.4 is 5.73 Å². The molecule has 3 unspecified atom stereocenters. The Balaban J connectivity index is 2.49. The smallest absolute Gasteiger partial charge is 0.0752 e. The Morgan fingerprint density at radius 3 is 2.67 bits per heavy atom. The van der Waals surface area contributed by atoms with Crippen LogP contribution in [0, 0.1) is 11.8 Å². The summed E-state index contributed by atoms with van der Waals surface area (Å²) in [6.07, 6.45) is 2.48. The van der Waals surface area contributed by atoms with Gasteiger partial charge in [-0.1, -0.05) is 13.8 Å². The summed E-state index contributed by atoms with van der Waals surface area (Å²) < 4.78 is 11.2. The maximum absolute atomic E-state index is 6.27. The Morgan fingerprint density at radius 1 is 1.47 bits per heavy atom.